The minimum atomic E-state index is -0.723. The van der Waals surface area contributed by atoms with Gasteiger partial charge in [0.1, 0.15) is 0 Å². The number of aliphatic carboxylic acids is 1. The Morgan fingerprint density at radius 2 is 2.00 bits per heavy atom. The average molecular weight is 245 g/mol. The number of nitrogens with one attached hydrogen (secondary N) is 1. The highest BCUT2D eigenvalue weighted by Gasteiger charge is 2.11. The summed E-state index contributed by atoms with van der Waals surface area (Å²) in [5.74, 6) is -0.723. The first-order chi connectivity index (χ1) is 8.50. The summed E-state index contributed by atoms with van der Waals surface area (Å²) in [6.45, 7) is 6.35. The molecule has 0 bridgehead atoms. The summed E-state index contributed by atoms with van der Waals surface area (Å²) in [4.78, 5) is 13.9. The van der Waals surface area contributed by atoms with Crippen molar-refractivity contribution in [3.63, 3.8) is 0 Å². The fraction of sp³-hybridized carbons (Fsp3) is 0.400. The molecule has 2 N–H and O–H groups in total. The summed E-state index contributed by atoms with van der Waals surface area (Å²) in [6, 6.07) is 2.19. The highest BCUT2D eigenvalue weighted by atomic mass is 16.4. The maximum atomic E-state index is 10.6. The van der Waals surface area contributed by atoms with E-state index in [1.807, 2.05) is 6.20 Å². The van der Waals surface area contributed by atoms with Gasteiger partial charge in [-0.2, -0.15) is 0 Å². The molecule has 2 aromatic rings. The topological polar surface area (TPSA) is 53.1 Å². The van der Waals surface area contributed by atoms with Gasteiger partial charge in [0.05, 0.1) is 0 Å². The molecule has 0 radical (unpaired) electrons. The lowest BCUT2D eigenvalue weighted by molar-refractivity contribution is -0.137. The molecule has 3 heteroatoms. The van der Waals surface area contributed by atoms with E-state index >= 15 is 0 Å². The average Bonchev–Trinajstić information content (AvgIpc) is 2.70. The SMILES string of the molecule is Cc1cc(C)c2[nH]cc(CCCC(=O)O)c2c1C. The van der Waals surface area contributed by atoms with Crippen LogP contribution in [0.4, 0.5) is 0 Å². The van der Waals surface area contributed by atoms with Crippen LogP contribution in [0.1, 0.15) is 35.1 Å². The minimum absolute atomic E-state index is 0.233. The van der Waals surface area contributed by atoms with E-state index in [1.165, 1.54) is 33.2 Å². The number of aryl methyl sites for hydroxylation is 4. The highest BCUT2D eigenvalue weighted by molar-refractivity contribution is 5.90. The quantitative estimate of drug-likeness (QED) is 0.866. The van der Waals surface area contributed by atoms with Gasteiger partial charge >= 0.3 is 5.97 Å². The molecule has 0 unspecified atom stereocenters. The Labute approximate surface area is 107 Å². The summed E-state index contributed by atoms with van der Waals surface area (Å²) >= 11 is 0. The Morgan fingerprint density at radius 3 is 2.67 bits per heavy atom. The first kappa shape index (κ1) is 12.7. The van der Waals surface area contributed by atoms with Crippen molar-refractivity contribution in [2.45, 2.75) is 40.0 Å². The van der Waals surface area contributed by atoms with Crippen molar-refractivity contribution in [1.29, 1.82) is 0 Å². The van der Waals surface area contributed by atoms with Gasteiger partial charge in [0.25, 0.3) is 0 Å². The third kappa shape index (κ3) is 2.26. The summed E-state index contributed by atoms with van der Waals surface area (Å²) in [5.41, 5.74) is 6.25. The second kappa shape index (κ2) is 4.84. The van der Waals surface area contributed by atoms with Gasteiger partial charge in [0, 0.05) is 23.5 Å². The van der Waals surface area contributed by atoms with Crippen molar-refractivity contribution in [3.8, 4) is 0 Å². The maximum absolute atomic E-state index is 10.6. The van der Waals surface area contributed by atoms with Crippen LogP contribution in [-0.2, 0) is 11.2 Å². The molecule has 0 atom stereocenters. The van der Waals surface area contributed by atoms with Crippen LogP contribution < -0.4 is 0 Å². The summed E-state index contributed by atoms with van der Waals surface area (Å²) in [6.07, 6.45) is 3.76. The lowest BCUT2D eigenvalue weighted by Crippen LogP contribution is -1.96. The summed E-state index contributed by atoms with van der Waals surface area (Å²) in [5, 5.41) is 9.97. The Hall–Kier alpha value is -1.77. The first-order valence-corrected chi connectivity index (χ1v) is 6.29. The van der Waals surface area contributed by atoms with Crippen LogP contribution in [0.5, 0.6) is 0 Å². The van der Waals surface area contributed by atoms with E-state index in [1.54, 1.807) is 0 Å². The van der Waals surface area contributed by atoms with Crippen LogP contribution in [0.15, 0.2) is 12.3 Å². The molecular formula is C15H19NO2. The molecule has 1 aromatic heterocycles. The predicted octanol–water partition coefficient (Wildman–Crippen LogP) is 3.50. The molecule has 96 valence electrons. The maximum Gasteiger partial charge on any atom is 0.303 e. The number of carboxylic acid groups (broad SMARTS) is 1. The molecule has 2 rings (SSSR count). The standard InChI is InChI=1S/C15H19NO2/c1-9-7-10(2)15-14(11(9)3)12(8-16-15)5-4-6-13(17)18/h7-8,16H,4-6H2,1-3H3,(H,17,18). The third-order valence-electron chi connectivity index (χ3n) is 3.59. The molecule has 0 aliphatic rings. The van der Waals surface area contributed by atoms with E-state index in [0.717, 1.165) is 6.42 Å². The number of hydrogen-bond acceptors (Lipinski definition) is 1. The van der Waals surface area contributed by atoms with Crippen LogP contribution >= 0.6 is 0 Å². The van der Waals surface area contributed by atoms with E-state index < -0.39 is 5.97 Å². The molecule has 0 fully saturated rings. The molecular weight excluding hydrogens is 226 g/mol. The smallest absolute Gasteiger partial charge is 0.303 e. The predicted molar refractivity (Wildman–Crippen MR) is 73.1 cm³/mol. The summed E-state index contributed by atoms with van der Waals surface area (Å²) < 4.78 is 0. The van der Waals surface area contributed by atoms with Gasteiger partial charge in [-0.3, -0.25) is 4.79 Å². The number of aromatic amines is 1. The van der Waals surface area contributed by atoms with Crippen molar-refractivity contribution in [2.75, 3.05) is 0 Å². The highest BCUT2D eigenvalue weighted by Crippen LogP contribution is 2.28. The molecule has 1 aromatic carbocycles. The van der Waals surface area contributed by atoms with E-state index in [-0.39, 0.29) is 6.42 Å². The Kier molecular flexibility index (Phi) is 3.41. The number of aromatic nitrogens is 1. The second-order valence-electron chi connectivity index (χ2n) is 4.95. The van der Waals surface area contributed by atoms with Crippen LogP contribution in [0, 0.1) is 20.8 Å². The second-order valence-corrected chi connectivity index (χ2v) is 4.95. The van der Waals surface area contributed by atoms with Crippen LogP contribution in [0.25, 0.3) is 10.9 Å². The minimum Gasteiger partial charge on any atom is -0.481 e. The molecule has 0 spiro atoms. The van der Waals surface area contributed by atoms with E-state index in [4.69, 9.17) is 5.11 Å². The monoisotopic (exact) mass is 245 g/mol. The molecule has 0 saturated carbocycles. The van der Waals surface area contributed by atoms with Gasteiger partial charge in [0.15, 0.2) is 0 Å². The lowest BCUT2D eigenvalue weighted by Gasteiger charge is -2.07. The molecule has 18 heavy (non-hydrogen) atoms. The van der Waals surface area contributed by atoms with Gasteiger partial charge < -0.3 is 10.1 Å². The van der Waals surface area contributed by atoms with Crippen LogP contribution in [-0.4, -0.2) is 16.1 Å². The van der Waals surface area contributed by atoms with E-state index in [0.29, 0.717) is 6.42 Å². The molecule has 0 aliphatic heterocycles. The normalized spacial score (nSPS) is 11.1. The van der Waals surface area contributed by atoms with Crippen molar-refractivity contribution < 1.29 is 9.90 Å². The Bertz CT molecular complexity index is 596. The number of rotatable bonds is 4. The van der Waals surface area contributed by atoms with Gasteiger partial charge in [-0.05, 0) is 55.9 Å². The molecule has 0 aliphatic carbocycles. The molecule has 0 amide bonds. The van der Waals surface area contributed by atoms with Crippen LogP contribution in [0.2, 0.25) is 0 Å². The van der Waals surface area contributed by atoms with Crippen LogP contribution in [0.3, 0.4) is 0 Å². The molecule has 0 saturated heterocycles. The Balaban J connectivity index is 2.37. The molecule has 3 nitrogen and oxygen atoms in total. The zero-order valence-electron chi connectivity index (χ0n) is 11.1. The fourth-order valence-corrected chi connectivity index (χ4v) is 2.53. The largest absolute Gasteiger partial charge is 0.481 e. The van der Waals surface area contributed by atoms with Gasteiger partial charge in [-0.25, -0.2) is 0 Å². The third-order valence-corrected chi connectivity index (χ3v) is 3.59. The van der Waals surface area contributed by atoms with Crippen molar-refractivity contribution in [3.05, 3.63) is 34.5 Å². The van der Waals surface area contributed by atoms with Gasteiger partial charge in [-0.1, -0.05) is 6.07 Å². The number of H-pyrrole nitrogens is 1. The number of fused-ring (bicyclic) bond motifs is 1. The van der Waals surface area contributed by atoms with E-state index in [9.17, 15) is 4.79 Å². The van der Waals surface area contributed by atoms with E-state index in [2.05, 4.69) is 31.8 Å². The number of carbonyl (C=O) groups is 1. The van der Waals surface area contributed by atoms with Crippen molar-refractivity contribution >= 4 is 16.9 Å². The summed E-state index contributed by atoms with van der Waals surface area (Å²) in [7, 11) is 0. The Morgan fingerprint density at radius 1 is 1.28 bits per heavy atom. The van der Waals surface area contributed by atoms with Crippen molar-refractivity contribution in [2.24, 2.45) is 0 Å². The lowest BCUT2D eigenvalue weighted by atomic mass is 9.97. The first-order valence-electron chi connectivity index (χ1n) is 6.29. The fourth-order valence-electron chi connectivity index (χ4n) is 2.53. The van der Waals surface area contributed by atoms with Gasteiger partial charge in [-0.15, -0.1) is 0 Å². The molecule has 1 heterocycles. The zero-order valence-corrected chi connectivity index (χ0v) is 11.1. The zero-order chi connectivity index (χ0) is 13.3. The number of carboxylic acids is 1. The van der Waals surface area contributed by atoms with Gasteiger partial charge in [0.2, 0.25) is 0 Å². The number of benzene rings is 1. The number of hydrogen-bond donors (Lipinski definition) is 2. The van der Waals surface area contributed by atoms with Crippen molar-refractivity contribution in [1.82, 2.24) is 4.98 Å².